The van der Waals surface area contributed by atoms with Crippen molar-refractivity contribution in [1.29, 1.82) is 0 Å². The molecule has 33 heavy (non-hydrogen) atoms. The largest absolute Gasteiger partial charge is 0.444 e. The molecule has 1 saturated carbocycles. The summed E-state index contributed by atoms with van der Waals surface area (Å²) in [6.45, 7) is 8.09. The van der Waals surface area contributed by atoms with Crippen molar-refractivity contribution >= 4 is 12.0 Å². The number of halogens is 3. The van der Waals surface area contributed by atoms with Gasteiger partial charge in [-0.2, -0.15) is 13.2 Å². The number of carbonyl (C=O) groups is 2. The lowest BCUT2D eigenvalue weighted by molar-refractivity contribution is -0.150. The van der Waals surface area contributed by atoms with E-state index in [1.165, 1.54) is 0 Å². The van der Waals surface area contributed by atoms with E-state index in [-0.39, 0.29) is 18.5 Å². The normalized spacial score (nSPS) is 29.4. The van der Waals surface area contributed by atoms with Crippen LogP contribution in [0.1, 0.15) is 63.8 Å². The quantitative estimate of drug-likeness (QED) is 0.712. The molecule has 3 aliphatic rings. The minimum atomic E-state index is -4.49. The molecular formula is C23H30F3N3O4. The van der Waals surface area contributed by atoms with Gasteiger partial charge in [-0.05, 0) is 58.6 Å². The van der Waals surface area contributed by atoms with Crippen LogP contribution < -0.4 is 5.32 Å². The summed E-state index contributed by atoms with van der Waals surface area (Å²) >= 11 is 0. The number of aromatic nitrogens is 1. The van der Waals surface area contributed by atoms with Crippen molar-refractivity contribution in [1.82, 2.24) is 15.2 Å². The van der Waals surface area contributed by atoms with Crippen molar-refractivity contribution in [2.45, 2.75) is 83.3 Å². The Balaban J connectivity index is 1.53. The van der Waals surface area contributed by atoms with Gasteiger partial charge < -0.3 is 19.7 Å². The van der Waals surface area contributed by atoms with Gasteiger partial charge in [0.2, 0.25) is 5.91 Å². The minimum Gasteiger partial charge on any atom is -0.444 e. The van der Waals surface area contributed by atoms with E-state index in [1.54, 1.807) is 25.7 Å². The van der Waals surface area contributed by atoms with Crippen molar-refractivity contribution in [2.75, 3.05) is 13.2 Å². The van der Waals surface area contributed by atoms with Gasteiger partial charge in [0.1, 0.15) is 5.60 Å². The zero-order valence-corrected chi connectivity index (χ0v) is 19.3. The third-order valence-electron chi connectivity index (χ3n) is 6.98. The molecule has 0 spiro atoms. The molecule has 7 nitrogen and oxygen atoms in total. The third-order valence-corrected chi connectivity index (χ3v) is 6.98. The molecule has 1 N–H and O–H groups in total. The van der Waals surface area contributed by atoms with Crippen molar-refractivity contribution in [3.05, 3.63) is 29.1 Å². The number of carbonyl (C=O) groups excluding carboxylic acids is 2. The van der Waals surface area contributed by atoms with Crippen LogP contribution in [0.15, 0.2) is 12.3 Å². The molecule has 182 valence electrons. The lowest BCUT2D eigenvalue weighted by Gasteiger charge is -2.40. The maximum Gasteiger partial charge on any atom is 0.417 e. The topological polar surface area (TPSA) is 80.8 Å². The maximum absolute atomic E-state index is 13.8. The fourth-order valence-corrected chi connectivity index (χ4v) is 5.44. The van der Waals surface area contributed by atoms with Crippen LogP contribution in [0.25, 0.3) is 0 Å². The van der Waals surface area contributed by atoms with Crippen LogP contribution in [-0.2, 0) is 33.4 Å². The van der Waals surface area contributed by atoms with Gasteiger partial charge in [0.05, 0.1) is 16.6 Å². The van der Waals surface area contributed by atoms with Crippen molar-refractivity contribution in [2.24, 2.45) is 5.41 Å². The highest BCUT2D eigenvalue weighted by Gasteiger charge is 2.65. The highest BCUT2D eigenvalue weighted by atomic mass is 19.4. The number of ether oxygens (including phenoxy) is 2. The number of nitrogens with zero attached hydrogens (tertiary/aromatic N) is 2. The van der Waals surface area contributed by atoms with Gasteiger partial charge in [-0.15, -0.1) is 0 Å². The second kappa shape index (κ2) is 7.85. The van der Waals surface area contributed by atoms with Gasteiger partial charge in [-0.3, -0.25) is 9.78 Å². The fourth-order valence-electron chi connectivity index (χ4n) is 5.44. The molecule has 0 aromatic carbocycles. The molecule has 0 bridgehead atoms. The molecule has 3 atom stereocenters. The van der Waals surface area contributed by atoms with E-state index in [1.807, 2.05) is 6.92 Å². The van der Waals surface area contributed by atoms with Gasteiger partial charge in [0, 0.05) is 44.0 Å². The lowest BCUT2D eigenvalue weighted by atomic mass is 9.73. The average molecular weight is 470 g/mol. The summed E-state index contributed by atoms with van der Waals surface area (Å²) in [4.78, 5) is 31.7. The number of hydrogen-bond acceptors (Lipinski definition) is 5. The first-order valence-electron chi connectivity index (χ1n) is 11.2. The van der Waals surface area contributed by atoms with Gasteiger partial charge in [0.15, 0.2) is 0 Å². The Kier molecular flexibility index (Phi) is 5.66. The second-order valence-electron chi connectivity index (χ2n) is 10.5. The number of amides is 2. The number of pyridine rings is 1. The van der Waals surface area contributed by atoms with E-state index in [4.69, 9.17) is 9.47 Å². The summed E-state index contributed by atoms with van der Waals surface area (Å²) in [6.07, 6.45) is -2.44. The van der Waals surface area contributed by atoms with E-state index in [0.717, 1.165) is 12.3 Å². The van der Waals surface area contributed by atoms with Crippen molar-refractivity contribution in [3.63, 3.8) is 0 Å². The van der Waals surface area contributed by atoms with Crippen LogP contribution in [0.2, 0.25) is 0 Å². The zero-order chi connectivity index (χ0) is 24.2. The molecule has 3 heterocycles. The van der Waals surface area contributed by atoms with Crippen LogP contribution in [0.5, 0.6) is 0 Å². The number of alkyl carbamates (subject to hydrolysis) is 1. The number of rotatable bonds is 2. The predicted molar refractivity (Wildman–Crippen MR) is 112 cm³/mol. The van der Waals surface area contributed by atoms with Crippen molar-refractivity contribution < 1.29 is 32.2 Å². The van der Waals surface area contributed by atoms with E-state index in [2.05, 4.69) is 10.3 Å². The number of alkyl halides is 3. The van der Waals surface area contributed by atoms with Crippen LogP contribution >= 0.6 is 0 Å². The Morgan fingerprint density at radius 1 is 1.27 bits per heavy atom. The number of hydrogen-bond donors (Lipinski definition) is 1. The molecule has 1 unspecified atom stereocenters. The Hall–Kier alpha value is -2.36. The Morgan fingerprint density at radius 2 is 2.00 bits per heavy atom. The summed E-state index contributed by atoms with van der Waals surface area (Å²) in [7, 11) is 0. The molecule has 4 rings (SSSR count). The average Bonchev–Trinajstić information content (AvgIpc) is 3.14. The van der Waals surface area contributed by atoms with Crippen LogP contribution in [0.4, 0.5) is 18.0 Å². The Morgan fingerprint density at radius 3 is 2.67 bits per heavy atom. The van der Waals surface area contributed by atoms with Gasteiger partial charge in [0.25, 0.3) is 0 Å². The first kappa shape index (κ1) is 23.8. The highest BCUT2D eigenvalue weighted by Crippen LogP contribution is 2.56. The summed E-state index contributed by atoms with van der Waals surface area (Å²) < 4.78 is 50.8. The second-order valence-corrected chi connectivity index (χ2v) is 10.5. The minimum absolute atomic E-state index is 0.0765. The van der Waals surface area contributed by atoms with Gasteiger partial charge in [-0.25, -0.2) is 4.79 Å². The Labute approximate surface area is 191 Å². The molecule has 10 heteroatoms. The highest BCUT2D eigenvalue weighted by molar-refractivity contribution is 5.85. The monoisotopic (exact) mass is 469 g/mol. The zero-order valence-electron chi connectivity index (χ0n) is 19.3. The fraction of sp³-hybridized carbons (Fsp3) is 0.696. The number of fused-ring (bicyclic) bond motifs is 2. The van der Waals surface area contributed by atoms with Crippen molar-refractivity contribution in [3.8, 4) is 0 Å². The molecule has 2 amide bonds. The maximum atomic E-state index is 13.8. The lowest BCUT2D eigenvalue weighted by Crippen LogP contribution is -2.52. The molecule has 2 fully saturated rings. The molecule has 2 aliphatic heterocycles. The smallest absolute Gasteiger partial charge is 0.417 e. The first-order valence-corrected chi connectivity index (χ1v) is 11.2. The van der Waals surface area contributed by atoms with E-state index in [0.29, 0.717) is 50.1 Å². The third kappa shape index (κ3) is 4.41. The molecule has 1 aromatic rings. The van der Waals surface area contributed by atoms with Crippen LogP contribution in [0, 0.1) is 5.41 Å². The summed E-state index contributed by atoms with van der Waals surface area (Å²) in [5, 5.41) is 2.86. The van der Waals surface area contributed by atoms with E-state index in [9.17, 15) is 22.8 Å². The number of nitrogens with one attached hydrogen (secondary N) is 1. The van der Waals surface area contributed by atoms with Gasteiger partial charge >= 0.3 is 12.3 Å². The molecule has 0 radical (unpaired) electrons. The standard InChI is InChI=1S/C23H30F3N3O4/c1-20(2,3)33-19(31)28-16-10-21(4)22(11-16,6-8-32-21)18(30)29-7-5-17-14(13-29)9-15(12-27-17)23(24,25)26/h9,12,16H,5-8,10-11,13H2,1-4H3,(H,28,31)/t16-,21-,22?/m1/s1. The Bertz CT molecular complexity index is 961. The van der Waals surface area contributed by atoms with E-state index >= 15 is 0 Å². The SMILES string of the molecule is CC(C)(C)OC(=O)N[C@H]1CC2(C(=O)N3CCc4ncc(C(F)(F)F)cc4C3)CCO[C@]2(C)C1. The van der Waals surface area contributed by atoms with Crippen LogP contribution in [0.3, 0.4) is 0 Å². The summed E-state index contributed by atoms with van der Waals surface area (Å²) in [6, 6.07) is 0.787. The predicted octanol–water partition coefficient (Wildman–Crippen LogP) is 3.84. The van der Waals surface area contributed by atoms with Gasteiger partial charge in [-0.1, -0.05) is 0 Å². The molecule has 1 saturated heterocycles. The molecule has 1 aliphatic carbocycles. The summed E-state index contributed by atoms with van der Waals surface area (Å²) in [5.74, 6) is -0.140. The van der Waals surface area contributed by atoms with E-state index < -0.39 is 34.5 Å². The molecule has 1 aromatic heterocycles. The molecular weight excluding hydrogens is 439 g/mol. The first-order chi connectivity index (χ1) is 15.2. The summed E-state index contributed by atoms with van der Waals surface area (Å²) in [5.41, 5.74) is -2.06. The van der Waals surface area contributed by atoms with Crippen LogP contribution in [-0.4, -0.2) is 52.3 Å².